The topological polar surface area (TPSA) is 3.88 Å². The summed E-state index contributed by atoms with van der Waals surface area (Å²) in [5.74, 6) is 0. The monoisotopic (exact) mass is 224 g/mol. The standard InChI is InChI=1S/C11H11ClNS/c1-8-13(2)11(7-14-8)9-3-5-10(12)6-4-9/h3-7H,1-2H3/q+1. The number of aromatic nitrogens is 1. The molecule has 0 N–H and O–H groups in total. The third kappa shape index (κ3) is 1.68. The molecule has 0 unspecified atom stereocenters. The fraction of sp³-hybridized carbons (Fsp3) is 0.182. The van der Waals surface area contributed by atoms with Gasteiger partial charge >= 0.3 is 0 Å². The minimum Gasteiger partial charge on any atom is -0.189 e. The largest absolute Gasteiger partial charge is 0.234 e. The zero-order chi connectivity index (χ0) is 10.1. The highest BCUT2D eigenvalue weighted by Crippen LogP contribution is 2.21. The summed E-state index contributed by atoms with van der Waals surface area (Å²) < 4.78 is 2.19. The van der Waals surface area contributed by atoms with Gasteiger partial charge in [-0.3, -0.25) is 0 Å². The van der Waals surface area contributed by atoms with Crippen molar-refractivity contribution in [2.45, 2.75) is 6.92 Å². The van der Waals surface area contributed by atoms with Crippen molar-refractivity contribution in [2.24, 2.45) is 7.05 Å². The molecule has 1 nitrogen and oxygen atoms in total. The molecule has 0 spiro atoms. The van der Waals surface area contributed by atoms with E-state index in [4.69, 9.17) is 11.6 Å². The van der Waals surface area contributed by atoms with Gasteiger partial charge in [-0.05, 0) is 24.3 Å². The van der Waals surface area contributed by atoms with Crippen LogP contribution in [0.3, 0.4) is 0 Å². The van der Waals surface area contributed by atoms with Crippen molar-refractivity contribution in [2.75, 3.05) is 0 Å². The van der Waals surface area contributed by atoms with Crippen molar-refractivity contribution in [3.05, 3.63) is 39.7 Å². The smallest absolute Gasteiger partial charge is 0.189 e. The Labute approximate surface area is 92.6 Å². The van der Waals surface area contributed by atoms with Crippen LogP contribution in [0.4, 0.5) is 0 Å². The van der Waals surface area contributed by atoms with Gasteiger partial charge in [0, 0.05) is 17.5 Å². The molecule has 0 bridgehead atoms. The zero-order valence-electron chi connectivity index (χ0n) is 8.12. The van der Waals surface area contributed by atoms with Gasteiger partial charge in [0.1, 0.15) is 7.05 Å². The Kier molecular flexibility index (Phi) is 2.57. The van der Waals surface area contributed by atoms with E-state index in [1.54, 1.807) is 11.3 Å². The van der Waals surface area contributed by atoms with Gasteiger partial charge in [-0.2, -0.15) is 4.57 Å². The molecule has 0 atom stereocenters. The number of halogens is 1. The van der Waals surface area contributed by atoms with Crippen molar-refractivity contribution < 1.29 is 4.57 Å². The SMILES string of the molecule is Cc1scc(-c2ccc(Cl)cc2)[n+]1C. The first kappa shape index (κ1) is 9.69. The molecule has 0 aliphatic heterocycles. The van der Waals surface area contributed by atoms with Crippen molar-refractivity contribution in [1.82, 2.24) is 0 Å². The third-order valence-electron chi connectivity index (χ3n) is 2.31. The lowest BCUT2D eigenvalue weighted by Crippen LogP contribution is -2.30. The van der Waals surface area contributed by atoms with Crippen LogP contribution in [0, 0.1) is 6.92 Å². The van der Waals surface area contributed by atoms with E-state index in [1.165, 1.54) is 16.3 Å². The molecule has 1 aromatic heterocycles. The number of nitrogens with zero attached hydrogens (tertiary/aromatic N) is 1. The highest BCUT2D eigenvalue weighted by molar-refractivity contribution is 7.09. The van der Waals surface area contributed by atoms with E-state index in [0.29, 0.717) is 0 Å². The van der Waals surface area contributed by atoms with E-state index in [1.807, 2.05) is 24.3 Å². The van der Waals surface area contributed by atoms with Gasteiger partial charge in [0.2, 0.25) is 10.7 Å². The number of rotatable bonds is 1. The van der Waals surface area contributed by atoms with Gasteiger partial charge in [-0.1, -0.05) is 22.9 Å². The average Bonchev–Trinajstić information content (AvgIpc) is 2.50. The van der Waals surface area contributed by atoms with Crippen molar-refractivity contribution >= 4 is 22.9 Å². The summed E-state index contributed by atoms with van der Waals surface area (Å²) in [6.45, 7) is 2.12. The second-order valence-electron chi connectivity index (χ2n) is 3.21. The lowest BCUT2D eigenvalue weighted by Gasteiger charge is -1.95. The van der Waals surface area contributed by atoms with Crippen LogP contribution in [0.25, 0.3) is 11.3 Å². The third-order valence-corrected chi connectivity index (χ3v) is 3.52. The molecule has 1 aromatic carbocycles. The molecule has 0 saturated heterocycles. The van der Waals surface area contributed by atoms with Crippen LogP contribution in [0.5, 0.6) is 0 Å². The van der Waals surface area contributed by atoms with Crippen molar-refractivity contribution in [3.8, 4) is 11.3 Å². The molecule has 14 heavy (non-hydrogen) atoms. The second-order valence-corrected chi connectivity index (χ2v) is 4.70. The summed E-state index contributed by atoms with van der Waals surface area (Å²) in [6, 6.07) is 7.93. The van der Waals surface area contributed by atoms with Crippen LogP contribution in [0.15, 0.2) is 29.6 Å². The Morgan fingerprint density at radius 1 is 1.21 bits per heavy atom. The summed E-state index contributed by atoms with van der Waals surface area (Å²) in [5, 5.41) is 4.25. The number of hydrogen-bond acceptors (Lipinski definition) is 1. The molecule has 0 radical (unpaired) electrons. The fourth-order valence-electron chi connectivity index (χ4n) is 1.35. The first-order valence-corrected chi connectivity index (χ1v) is 5.64. The summed E-state index contributed by atoms with van der Waals surface area (Å²) in [7, 11) is 2.08. The summed E-state index contributed by atoms with van der Waals surface area (Å²) in [6.07, 6.45) is 0. The van der Waals surface area contributed by atoms with Gasteiger partial charge in [0.05, 0.1) is 5.38 Å². The number of benzene rings is 1. The van der Waals surface area contributed by atoms with E-state index >= 15 is 0 Å². The molecule has 3 heteroatoms. The summed E-state index contributed by atoms with van der Waals surface area (Å²) in [5.41, 5.74) is 2.45. The Hall–Kier alpha value is -0.860. The second kappa shape index (κ2) is 3.71. The molecule has 72 valence electrons. The summed E-state index contributed by atoms with van der Waals surface area (Å²) >= 11 is 7.60. The normalized spacial score (nSPS) is 10.5. The number of thiazole rings is 1. The Balaban J connectivity index is 2.49. The Bertz CT molecular complexity index is 445. The quantitative estimate of drug-likeness (QED) is 0.655. The summed E-state index contributed by atoms with van der Waals surface area (Å²) in [4.78, 5) is 0. The Morgan fingerprint density at radius 2 is 1.86 bits per heavy atom. The molecular weight excluding hydrogens is 214 g/mol. The highest BCUT2D eigenvalue weighted by atomic mass is 35.5. The maximum atomic E-state index is 5.84. The highest BCUT2D eigenvalue weighted by Gasteiger charge is 2.13. The zero-order valence-corrected chi connectivity index (χ0v) is 9.69. The lowest BCUT2D eigenvalue weighted by molar-refractivity contribution is -0.661. The fourth-order valence-corrected chi connectivity index (χ4v) is 2.31. The van der Waals surface area contributed by atoms with E-state index in [9.17, 15) is 0 Å². The van der Waals surface area contributed by atoms with Crippen molar-refractivity contribution in [3.63, 3.8) is 0 Å². The molecule has 0 saturated carbocycles. The van der Waals surface area contributed by atoms with Crippen LogP contribution >= 0.6 is 22.9 Å². The first-order chi connectivity index (χ1) is 6.68. The maximum absolute atomic E-state index is 5.84. The minimum atomic E-state index is 0.781. The molecule has 1 heterocycles. The Morgan fingerprint density at radius 3 is 2.36 bits per heavy atom. The molecule has 0 aliphatic carbocycles. The van der Waals surface area contributed by atoms with Gasteiger partial charge in [-0.15, -0.1) is 0 Å². The van der Waals surface area contributed by atoms with E-state index < -0.39 is 0 Å². The van der Waals surface area contributed by atoms with Gasteiger partial charge < -0.3 is 0 Å². The lowest BCUT2D eigenvalue weighted by atomic mass is 10.2. The first-order valence-electron chi connectivity index (χ1n) is 4.38. The van der Waals surface area contributed by atoms with Gasteiger partial charge in [0.25, 0.3) is 0 Å². The molecular formula is C11H11ClNS+. The predicted octanol–water partition coefficient (Wildman–Crippen LogP) is 3.20. The van der Waals surface area contributed by atoms with Gasteiger partial charge in [0.15, 0.2) is 0 Å². The molecule has 2 rings (SSSR count). The van der Waals surface area contributed by atoms with Crippen LogP contribution in [0.1, 0.15) is 5.01 Å². The molecule has 0 fully saturated rings. The maximum Gasteiger partial charge on any atom is 0.234 e. The molecule has 0 amide bonds. The van der Waals surface area contributed by atoms with Gasteiger partial charge in [-0.25, -0.2) is 0 Å². The van der Waals surface area contributed by atoms with Crippen LogP contribution in [-0.2, 0) is 7.05 Å². The van der Waals surface area contributed by atoms with E-state index in [0.717, 1.165) is 5.02 Å². The minimum absolute atomic E-state index is 0.781. The van der Waals surface area contributed by atoms with E-state index in [-0.39, 0.29) is 0 Å². The number of hydrogen-bond donors (Lipinski definition) is 0. The van der Waals surface area contributed by atoms with Crippen molar-refractivity contribution in [1.29, 1.82) is 0 Å². The van der Waals surface area contributed by atoms with Crippen LogP contribution < -0.4 is 4.57 Å². The van der Waals surface area contributed by atoms with Crippen LogP contribution in [0.2, 0.25) is 5.02 Å². The number of aryl methyl sites for hydroxylation is 1. The molecule has 0 aliphatic rings. The molecule has 2 aromatic rings. The predicted molar refractivity (Wildman–Crippen MR) is 60.7 cm³/mol. The van der Waals surface area contributed by atoms with Crippen LogP contribution in [-0.4, -0.2) is 0 Å². The van der Waals surface area contributed by atoms with E-state index in [2.05, 4.69) is 23.9 Å². The average molecular weight is 225 g/mol.